The number of phenolic OH excluding ortho intramolecular Hbond substituents is 1. The average molecular weight is 220 g/mol. The summed E-state index contributed by atoms with van der Waals surface area (Å²) in [5.74, 6) is 0.359. The zero-order chi connectivity index (χ0) is 12.0. The van der Waals surface area contributed by atoms with Crippen molar-refractivity contribution in [2.45, 2.75) is 52.9 Å². The zero-order valence-electron chi connectivity index (χ0n) is 10.8. The monoisotopic (exact) mass is 220 g/mol. The van der Waals surface area contributed by atoms with Crippen molar-refractivity contribution in [2.24, 2.45) is 5.41 Å². The molecule has 0 radical (unpaired) electrons. The number of phenols is 1. The van der Waals surface area contributed by atoms with Gasteiger partial charge in [0.15, 0.2) is 0 Å². The van der Waals surface area contributed by atoms with Crippen LogP contribution in [0.1, 0.15) is 52.0 Å². The molecule has 1 heteroatoms. The van der Waals surface area contributed by atoms with Crippen LogP contribution in [0.2, 0.25) is 0 Å². The van der Waals surface area contributed by atoms with Gasteiger partial charge in [-0.25, -0.2) is 0 Å². The van der Waals surface area contributed by atoms with E-state index in [-0.39, 0.29) is 0 Å². The van der Waals surface area contributed by atoms with Gasteiger partial charge in [-0.2, -0.15) is 0 Å². The van der Waals surface area contributed by atoms with Crippen LogP contribution < -0.4 is 0 Å². The van der Waals surface area contributed by atoms with E-state index in [9.17, 15) is 5.11 Å². The van der Waals surface area contributed by atoms with Crippen molar-refractivity contribution in [3.63, 3.8) is 0 Å². The van der Waals surface area contributed by atoms with Crippen LogP contribution in [0.4, 0.5) is 0 Å². The van der Waals surface area contributed by atoms with E-state index in [2.05, 4.69) is 20.8 Å². The lowest BCUT2D eigenvalue weighted by Crippen LogP contribution is -2.21. The SMILES string of the molecule is CCCC(CC)(CC)Cc1ccc(O)cc1. The van der Waals surface area contributed by atoms with Crippen molar-refractivity contribution in [1.82, 2.24) is 0 Å². The topological polar surface area (TPSA) is 20.2 Å². The molecule has 0 aliphatic carbocycles. The maximum Gasteiger partial charge on any atom is 0.115 e. The number of hydrogen-bond donors (Lipinski definition) is 1. The summed E-state index contributed by atoms with van der Waals surface area (Å²) in [6.45, 7) is 6.84. The molecule has 0 spiro atoms. The first-order valence-electron chi connectivity index (χ1n) is 6.43. The Morgan fingerprint density at radius 1 is 1.00 bits per heavy atom. The molecular weight excluding hydrogens is 196 g/mol. The molecule has 0 aliphatic heterocycles. The van der Waals surface area contributed by atoms with Crippen molar-refractivity contribution in [1.29, 1.82) is 0 Å². The Morgan fingerprint density at radius 2 is 1.56 bits per heavy atom. The van der Waals surface area contributed by atoms with Gasteiger partial charge in [-0.1, -0.05) is 52.2 Å². The molecule has 0 atom stereocenters. The van der Waals surface area contributed by atoms with Crippen LogP contribution in [0.15, 0.2) is 24.3 Å². The molecular formula is C15H24O. The minimum atomic E-state index is 0.359. The maximum absolute atomic E-state index is 9.27. The van der Waals surface area contributed by atoms with E-state index in [1.54, 1.807) is 12.1 Å². The molecule has 0 aliphatic rings. The fraction of sp³-hybridized carbons (Fsp3) is 0.600. The first-order chi connectivity index (χ1) is 7.65. The lowest BCUT2D eigenvalue weighted by atomic mass is 9.74. The Hall–Kier alpha value is -0.980. The molecule has 0 unspecified atom stereocenters. The van der Waals surface area contributed by atoms with E-state index in [0.29, 0.717) is 11.2 Å². The molecule has 0 amide bonds. The second kappa shape index (κ2) is 5.93. The van der Waals surface area contributed by atoms with Gasteiger partial charge in [0.05, 0.1) is 0 Å². The summed E-state index contributed by atoms with van der Waals surface area (Å²) in [7, 11) is 0. The molecule has 16 heavy (non-hydrogen) atoms. The number of benzene rings is 1. The largest absolute Gasteiger partial charge is 0.508 e. The Kier molecular flexibility index (Phi) is 4.85. The van der Waals surface area contributed by atoms with E-state index in [0.717, 1.165) is 6.42 Å². The highest BCUT2D eigenvalue weighted by molar-refractivity contribution is 5.26. The van der Waals surface area contributed by atoms with E-state index in [4.69, 9.17) is 0 Å². The van der Waals surface area contributed by atoms with Crippen molar-refractivity contribution >= 4 is 0 Å². The third-order valence-corrected chi connectivity index (χ3v) is 3.80. The zero-order valence-corrected chi connectivity index (χ0v) is 10.8. The highest BCUT2D eigenvalue weighted by Gasteiger charge is 2.25. The van der Waals surface area contributed by atoms with Crippen molar-refractivity contribution < 1.29 is 5.11 Å². The second-order valence-electron chi connectivity index (χ2n) is 4.80. The van der Waals surface area contributed by atoms with Crippen molar-refractivity contribution in [3.05, 3.63) is 29.8 Å². The van der Waals surface area contributed by atoms with E-state index < -0.39 is 0 Å². The van der Waals surface area contributed by atoms with Crippen molar-refractivity contribution in [3.8, 4) is 5.75 Å². The highest BCUT2D eigenvalue weighted by atomic mass is 16.3. The van der Waals surface area contributed by atoms with Gasteiger partial charge in [-0.15, -0.1) is 0 Å². The Morgan fingerprint density at radius 3 is 2.00 bits per heavy atom. The Balaban J connectivity index is 2.78. The van der Waals surface area contributed by atoms with Crippen molar-refractivity contribution in [2.75, 3.05) is 0 Å². The average Bonchev–Trinajstić information content (AvgIpc) is 2.31. The third kappa shape index (κ3) is 3.26. The third-order valence-electron chi connectivity index (χ3n) is 3.80. The summed E-state index contributed by atoms with van der Waals surface area (Å²) in [6, 6.07) is 7.67. The normalized spacial score (nSPS) is 11.7. The summed E-state index contributed by atoms with van der Waals surface area (Å²) >= 11 is 0. The quantitative estimate of drug-likeness (QED) is 0.746. The Labute approximate surface area is 99.5 Å². The summed E-state index contributed by atoms with van der Waals surface area (Å²) in [5, 5.41) is 9.27. The van der Waals surface area contributed by atoms with Gasteiger partial charge < -0.3 is 5.11 Å². The molecule has 0 saturated carbocycles. The molecule has 0 fully saturated rings. The first kappa shape index (κ1) is 13.1. The van der Waals surface area contributed by atoms with Gasteiger partial charge in [0.1, 0.15) is 5.75 Å². The maximum atomic E-state index is 9.27. The van der Waals surface area contributed by atoms with Crippen LogP contribution in [0.5, 0.6) is 5.75 Å². The molecule has 0 bridgehead atoms. The fourth-order valence-corrected chi connectivity index (χ4v) is 2.52. The Bertz CT molecular complexity index is 296. The summed E-state index contributed by atoms with van der Waals surface area (Å²) < 4.78 is 0. The van der Waals surface area contributed by atoms with Crippen LogP contribution in [0, 0.1) is 5.41 Å². The van der Waals surface area contributed by atoms with Crippen LogP contribution >= 0.6 is 0 Å². The first-order valence-corrected chi connectivity index (χ1v) is 6.43. The molecule has 1 nitrogen and oxygen atoms in total. The molecule has 0 heterocycles. The lowest BCUT2D eigenvalue weighted by molar-refractivity contribution is 0.234. The van der Waals surface area contributed by atoms with Gasteiger partial charge in [-0.05, 0) is 36.0 Å². The van der Waals surface area contributed by atoms with Gasteiger partial charge in [0.2, 0.25) is 0 Å². The lowest BCUT2D eigenvalue weighted by Gasteiger charge is -2.31. The minimum Gasteiger partial charge on any atom is -0.508 e. The van der Waals surface area contributed by atoms with Gasteiger partial charge in [0.25, 0.3) is 0 Å². The van der Waals surface area contributed by atoms with Gasteiger partial charge in [0, 0.05) is 0 Å². The van der Waals surface area contributed by atoms with Crippen LogP contribution in [0.3, 0.4) is 0 Å². The molecule has 1 N–H and O–H groups in total. The minimum absolute atomic E-state index is 0.359. The van der Waals surface area contributed by atoms with E-state index >= 15 is 0 Å². The molecule has 1 aromatic rings. The standard InChI is InChI=1S/C15H24O/c1-4-11-15(5-2,6-3)12-13-7-9-14(16)10-8-13/h7-10,16H,4-6,11-12H2,1-3H3. The number of aromatic hydroxyl groups is 1. The van der Waals surface area contributed by atoms with Gasteiger partial charge >= 0.3 is 0 Å². The molecule has 1 aromatic carbocycles. The molecule has 1 rings (SSSR count). The molecule has 0 saturated heterocycles. The van der Waals surface area contributed by atoms with E-state index in [1.807, 2.05) is 12.1 Å². The molecule has 90 valence electrons. The summed E-state index contributed by atoms with van der Waals surface area (Å²) in [5.41, 5.74) is 1.79. The number of rotatable bonds is 6. The van der Waals surface area contributed by atoms with Crippen LogP contribution in [0.25, 0.3) is 0 Å². The fourth-order valence-electron chi connectivity index (χ4n) is 2.52. The highest BCUT2D eigenvalue weighted by Crippen LogP contribution is 2.36. The predicted molar refractivity (Wildman–Crippen MR) is 69.7 cm³/mol. The van der Waals surface area contributed by atoms with E-state index in [1.165, 1.54) is 31.2 Å². The summed E-state index contributed by atoms with van der Waals surface area (Å²) in [6.07, 6.45) is 6.14. The van der Waals surface area contributed by atoms with Crippen LogP contribution in [-0.2, 0) is 6.42 Å². The van der Waals surface area contributed by atoms with Crippen LogP contribution in [-0.4, -0.2) is 5.11 Å². The summed E-state index contributed by atoms with van der Waals surface area (Å²) in [4.78, 5) is 0. The number of hydrogen-bond acceptors (Lipinski definition) is 1. The molecule has 0 aromatic heterocycles. The smallest absolute Gasteiger partial charge is 0.115 e. The second-order valence-corrected chi connectivity index (χ2v) is 4.80. The predicted octanol–water partition coefficient (Wildman–Crippen LogP) is 4.54. The van der Waals surface area contributed by atoms with Gasteiger partial charge in [-0.3, -0.25) is 0 Å².